The van der Waals surface area contributed by atoms with Crippen molar-refractivity contribution in [1.29, 1.82) is 0 Å². The van der Waals surface area contributed by atoms with Crippen LogP contribution in [0.2, 0.25) is 0 Å². The number of rotatable bonds is 3. The highest BCUT2D eigenvalue weighted by Crippen LogP contribution is 2.20. The van der Waals surface area contributed by atoms with Crippen LogP contribution in [0.5, 0.6) is 0 Å². The summed E-state index contributed by atoms with van der Waals surface area (Å²) in [4.78, 5) is 13.6. The van der Waals surface area contributed by atoms with Crippen LogP contribution in [0.3, 0.4) is 0 Å². The number of ether oxygens (including phenoxy) is 1. The van der Waals surface area contributed by atoms with E-state index < -0.39 is 5.60 Å². The number of halogens is 1. The van der Waals surface area contributed by atoms with E-state index in [0.29, 0.717) is 19.1 Å². The Bertz CT molecular complexity index is 490. The van der Waals surface area contributed by atoms with E-state index >= 15 is 0 Å². The summed E-state index contributed by atoms with van der Waals surface area (Å²) in [5.74, 6) is 0. The Hall–Kier alpha value is -1.07. The first-order valence-electron chi connectivity index (χ1n) is 7.24. The second-order valence-electron chi connectivity index (χ2n) is 6.52. The summed E-state index contributed by atoms with van der Waals surface area (Å²) in [6.07, 6.45) is -0.225. The number of carbonyl (C=O) groups is 1. The number of nitrogens with one attached hydrogen (secondary N) is 1. The molecule has 21 heavy (non-hydrogen) atoms. The Morgan fingerprint density at radius 2 is 1.90 bits per heavy atom. The number of carbonyl (C=O) groups excluding carboxylic acids is 1. The van der Waals surface area contributed by atoms with Crippen molar-refractivity contribution in [2.45, 2.75) is 45.4 Å². The van der Waals surface area contributed by atoms with Crippen LogP contribution in [0.4, 0.5) is 4.79 Å². The smallest absolute Gasteiger partial charge is 0.410 e. The van der Waals surface area contributed by atoms with Gasteiger partial charge in [0.2, 0.25) is 0 Å². The molecule has 1 heterocycles. The van der Waals surface area contributed by atoms with Gasteiger partial charge in [-0.3, -0.25) is 0 Å². The monoisotopic (exact) mass is 354 g/mol. The van der Waals surface area contributed by atoms with E-state index in [-0.39, 0.29) is 12.1 Å². The third-order valence-electron chi connectivity index (χ3n) is 3.39. The van der Waals surface area contributed by atoms with Crippen LogP contribution < -0.4 is 5.32 Å². The fraction of sp³-hybridized carbons (Fsp3) is 0.562. The van der Waals surface area contributed by atoms with E-state index in [2.05, 4.69) is 40.3 Å². The van der Waals surface area contributed by atoms with Gasteiger partial charge in [0.25, 0.3) is 0 Å². The molecule has 0 aromatic heterocycles. The van der Waals surface area contributed by atoms with Gasteiger partial charge in [-0.1, -0.05) is 28.1 Å². The molecular weight excluding hydrogens is 332 g/mol. The third kappa shape index (κ3) is 4.71. The van der Waals surface area contributed by atoms with Gasteiger partial charge in [-0.25, -0.2) is 4.79 Å². The summed E-state index contributed by atoms with van der Waals surface area (Å²) in [5, 5.41) is 3.54. The largest absolute Gasteiger partial charge is 0.444 e. The summed E-state index contributed by atoms with van der Waals surface area (Å²) in [5.41, 5.74) is 0.814. The van der Waals surface area contributed by atoms with E-state index in [1.165, 1.54) is 5.56 Å². The van der Waals surface area contributed by atoms with Crippen molar-refractivity contribution in [2.75, 3.05) is 13.1 Å². The van der Waals surface area contributed by atoms with Gasteiger partial charge in [0.05, 0.1) is 0 Å². The van der Waals surface area contributed by atoms with Gasteiger partial charge in [0.1, 0.15) is 5.60 Å². The lowest BCUT2D eigenvalue weighted by Crippen LogP contribution is -2.60. The molecule has 1 atom stereocenters. The van der Waals surface area contributed by atoms with Gasteiger partial charge in [-0.05, 0) is 45.4 Å². The maximum Gasteiger partial charge on any atom is 0.410 e. The minimum absolute atomic E-state index is 0.225. The van der Waals surface area contributed by atoms with E-state index in [0.717, 1.165) is 4.47 Å². The summed E-state index contributed by atoms with van der Waals surface area (Å²) in [7, 11) is 0. The van der Waals surface area contributed by atoms with Crippen molar-refractivity contribution in [2.24, 2.45) is 0 Å². The third-order valence-corrected chi connectivity index (χ3v) is 3.92. The van der Waals surface area contributed by atoms with Crippen LogP contribution in [0.15, 0.2) is 28.7 Å². The van der Waals surface area contributed by atoms with Gasteiger partial charge >= 0.3 is 6.09 Å². The highest BCUT2D eigenvalue weighted by Gasteiger charge is 2.34. The molecule has 0 bridgehead atoms. The Morgan fingerprint density at radius 1 is 1.33 bits per heavy atom. The SMILES string of the molecule is CC(NC1CN(C(=O)OC(C)(C)C)C1)c1ccc(Br)cc1. The molecule has 1 saturated heterocycles. The topological polar surface area (TPSA) is 41.6 Å². The molecule has 0 radical (unpaired) electrons. The predicted octanol–water partition coefficient (Wildman–Crippen LogP) is 3.72. The number of benzene rings is 1. The molecule has 1 N–H and O–H groups in total. The zero-order chi connectivity index (χ0) is 15.6. The Balaban J connectivity index is 1.77. The first kappa shape index (κ1) is 16.3. The molecule has 1 unspecified atom stereocenters. The van der Waals surface area contributed by atoms with Crippen molar-refractivity contribution >= 4 is 22.0 Å². The minimum Gasteiger partial charge on any atom is -0.444 e. The number of hydrogen-bond donors (Lipinski definition) is 1. The first-order chi connectivity index (χ1) is 9.74. The maximum atomic E-state index is 11.9. The van der Waals surface area contributed by atoms with Gasteiger partial charge in [0, 0.05) is 29.6 Å². The molecule has 4 nitrogen and oxygen atoms in total. The standard InChI is InChI=1S/C16H23BrN2O2/c1-11(12-5-7-13(17)8-6-12)18-14-9-19(10-14)15(20)21-16(2,3)4/h5-8,11,14,18H,9-10H2,1-4H3. The van der Waals surface area contributed by atoms with Crippen LogP contribution in [-0.2, 0) is 4.74 Å². The molecule has 1 aliphatic heterocycles. The second kappa shape index (κ2) is 6.36. The average Bonchev–Trinajstić information content (AvgIpc) is 2.31. The average molecular weight is 355 g/mol. The Morgan fingerprint density at radius 3 is 2.43 bits per heavy atom. The van der Waals surface area contributed by atoms with E-state index in [4.69, 9.17) is 4.74 Å². The molecular formula is C16H23BrN2O2. The lowest BCUT2D eigenvalue weighted by molar-refractivity contribution is 0.00434. The fourth-order valence-electron chi connectivity index (χ4n) is 2.26. The van der Waals surface area contributed by atoms with E-state index in [1.807, 2.05) is 32.9 Å². The minimum atomic E-state index is -0.430. The van der Waals surface area contributed by atoms with Crippen LogP contribution in [0.1, 0.15) is 39.3 Å². The zero-order valence-corrected chi connectivity index (χ0v) is 14.6. The molecule has 1 fully saturated rings. The van der Waals surface area contributed by atoms with Gasteiger partial charge in [0.15, 0.2) is 0 Å². The van der Waals surface area contributed by atoms with Crippen molar-refractivity contribution in [3.63, 3.8) is 0 Å². The number of likely N-dealkylation sites (tertiary alicyclic amines) is 1. The predicted molar refractivity (Wildman–Crippen MR) is 87.3 cm³/mol. The van der Waals surface area contributed by atoms with Crippen LogP contribution in [-0.4, -0.2) is 35.7 Å². The highest BCUT2D eigenvalue weighted by atomic mass is 79.9. The van der Waals surface area contributed by atoms with E-state index in [9.17, 15) is 4.79 Å². The fourth-order valence-corrected chi connectivity index (χ4v) is 2.53. The lowest BCUT2D eigenvalue weighted by Gasteiger charge is -2.41. The van der Waals surface area contributed by atoms with Crippen molar-refractivity contribution in [1.82, 2.24) is 10.2 Å². The number of amides is 1. The Labute approximate surface area is 135 Å². The molecule has 5 heteroatoms. The molecule has 116 valence electrons. The van der Waals surface area contributed by atoms with Crippen LogP contribution >= 0.6 is 15.9 Å². The molecule has 1 aromatic rings. The summed E-state index contributed by atoms with van der Waals surface area (Å²) < 4.78 is 6.43. The van der Waals surface area contributed by atoms with Crippen molar-refractivity contribution in [3.8, 4) is 0 Å². The molecule has 0 aliphatic carbocycles. The number of nitrogens with zero attached hydrogens (tertiary/aromatic N) is 1. The van der Waals surface area contributed by atoms with Crippen LogP contribution in [0.25, 0.3) is 0 Å². The van der Waals surface area contributed by atoms with Crippen molar-refractivity contribution in [3.05, 3.63) is 34.3 Å². The lowest BCUT2D eigenvalue weighted by atomic mass is 10.0. The van der Waals surface area contributed by atoms with Gasteiger partial charge < -0.3 is 15.0 Å². The molecule has 0 saturated carbocycles. The first-order valence-corrected chi connectivity index (χ1v) is 8.03. The molecule has 1 aromatic carbocycles. The quantitative estimate of drug-likeness (QED) is 0.899. The summed E-state index contributed by atoms with van der Waals surface area (Å²) >= 11 is 3.44. The molecule has 2 rings (SSSR count). The molecule has 1 aliphatic rings. The van der Waals surface area contributed by atoms with Crippen molar-refractivity contribution < 1.29 is 9.53 Å². The Kier molecular flexibility index (Phi) is 4.94. The van der Waals surface area contributed by atoms with Gasteiger partial charge in [-0.2, -0.15) is 0 Å². The van der Waals surface area contributed by atoms with Gasteiger partial charge in [-0.15, -0.1) is 0 Å². The van der Waals surface area contributed by atoms with Crippen LogP contribution in [0, 0.1) is 0 Å². The summed E-state index contributed by atoms with van der Waals surface area (Å²) in [6.45, 7) is 9.20. The normalized spacial score (nSPS) is 17.3. The zero-order valence-electron chi connectivity index (χ0n) is 13.0. The maximum absolute atomic E-state index is 11.9. The molecule has 1 amide bonds. The summed E-state index contributed by atoms with van der Waals surface area (Å²) in [6, 6.07) is 8.89. The van der Waals surface area contributed by atoms with E-state index in [1.54, 1.807) is 4.90 Å². The highest BCUT2D eigenvalue weighted by molar-refractivity contribution is 9.10. The second-order valence-corrected chi connectivity index (χ2v) is 7.44. The molecule has 0 spiro atoms. The number of hydrogen-bond acceptors (Lipinski definition) is 3.